The number of benzene rings is 1. The second kappa shape index (κ2) is 11.2. The molecule has 0 saturated carbocycles. The molecule has 1 aromatic rings. The third-order valence-electron chi connectivity index (χ3n) is 3.13. The van der Waals surface area contributed by atoms with Crippen LogP contribution in [-0.4, -0.2) is 49.0 Å². The number of carbonyl (C=O) groups excluding carboxylic acids is 3. The number of amidine groups is 2. The number of nitrogens with zero attached hydrogens (tertiary/aromatic N) is 2. The summed E-state index contributed by atoms with van der Waals surface area (Å²) in [6, 6.07) is 7.03. The highest BCUT2D eigenvalue weighted by Crippen LogP contribution is 2.04. The minimum Gasteiger partial charge on any atom is -0.386 e. The van der Waals surface area contributed by atoms with Gasteiger partial charge in [-0.3, -0.25) is 14.4 Å². The Bertz CT molecular complexity index is 724. The lowest BCUT2D eigenvalue weighted by atomic mass is 10.1. The molecule has 0 aliphatic rings. The van der Waals surface area contributed by atoms with E-state index in [0.29, 0.717) is 11.4 Å². The Morgan fingerprint density at radius 1 is 0.889 bits per heavy atom. The van der Waals surface area contributed by atoms with Crippen LogP contribution in [0.1, 0.15) is 18.1 Å². The van der Waals surface area contributed by atoms with Crippen molar-refractivity contribution in [1.29, 1.82) is 0 Å². The van der Waals surface area contributed by atoms with Gasteiger partial charge in [-0.25, -0.2) is 0 Å². The zero-order valence-electron chi connectivity index (χ0n) is 15.0. The van der Waals surface area contributed by atoms with E-state index >= 15 is 0 Å². The van der Waals surface area contributed by atoms with Crippen molar-refractivity contribution in [3.05, 3.63) is 35.4 Å². The molecule has 0 unspecified atom stereocenters. The van der Waals surface area contributed by atoms with E-state index in [9.17, 15) is 14.4 Å². The van der Waals surface area contributed by atoms with Gasteiger partial charge in [0.2, 0.25) is 17.7 Å². The molecule has 27 heavy (non-hydrogen) atoms. The summed E-state index contributed by atoms with van der Waals surface area (Å²) in [6.07, 6.45) is 0. The molecular formula is C16H24N8O3. The van der Waals surface area contributed by atoms with E-state index in [2.05, 4.69) is 26.2 Å². The van der Waals surface area contributed by atoms with Gasteiger partial charge in [0.25, 0.3) is 0 Å². The summed E-state index contributed by atoms with van der Waals surface area (Å²) in [5, 5.41) is 14.8. The average Bonchev–Trinajstić information content (AvgIpc) is 2.67. The van der Waals surface area contributed by atoms with E-state index < -0.39 is 11.8 Å². The van der Waals surface area contributed by atoms with Gasteiger partial charge in [0.05, 0.1) is 19.6 Å². The Morgan fingerprint density at radius 2 is 1.44 bits per heavy atom. The van der Waals surface area contributed by atoms with Crippen LogP contribution in [0, 0.1) is 0 Å². The fourth-order valence-corrected chi connectivity index (χ4v) is 1.74. The first-order valence-corrected chi connectivity index (χ1v) is 8.04. The predicted molar refractivity (Wildman–Crippen MR) is 101 cm³/mol. The number of carbonyl (C=O) groups is 3. The van der Waals surface area contributed by atoms with Gasteiger partial charge in [-0.1, -0.05) is 24.3 Å². The maximum atomic E-state index is 11.7. The molecule has 0 aliphatic heterocycles. The summed E-state index contributed by atoms with van der Waals surface area (Å²) in [5.41, 5.74) is 17.8. The van der Waals surface area contributed by atoms with Crippen molar-refractivity contribution in [2.75, 3.05) is 19.6 Å². The largest absolute Gasteiger partial charge is 0.386 e. The number of nitrogens with two attached hydrogens (primary N) is 3. The van der Waals surface area contributed by atoms with E-state index in [4.69, 9.17) is 17.2 Å². The van der Waals surface area contributed by atoms with E-state index in [1.54, 1.807) is 31.2 Å². The molecule has 9 N–H and O–H groups in total. The van der Waals surface area contributed by atoms with Crippen LogP contribution in [-0.2, 0) is 20.9 Å². The zero-order valence-corrected chi connectivity index (χ0v) is 15.0. The van der Waals surface area contributed by atoms with Crippen LogP contribution >= 0.6 is 0 Å². The van der Waals surface area contributed by atoms with Gasteiger partial charge in [-0.15, -0.1) is 10.2 Å². The Kier molecular flexibility index (Phi) is 8.95. The normalized spacial score (nSPS) is 11.6. The molecule has 11 heteroatoms. The van der Waals surface area contributed by atoms with Crippen molar-refractivity contribution >= 4 is 29.4 Å². The lowest BCUT2D eigenvalue weighted by molar-refractivity contribution is -0.127. The maximum Gasteiger partial charge on any atom is 0.239 e. The van der Waals surface area contributed by atoms with Gasteiger partial charge in [-0.05, 0) is 12.5 Å². The molecule has 0 heterocycles. The van der Waals surface area contributed by atoms with E-state index in [1.807, 2.05) is 0 Å². The summed E-state index contributed by atoms with van der Waals surface area (Å²) in [4.78, 5) is 34.1. The molecule has 0 aromatic heterocycles. The topological polar surface area (TPSA) is 190 Å². The summed E-state index contributed by atoms with van der Waals surface area (Å²) in [6.45, 7) is 1.23. The molecule has 146 valence electrons. The van der Waals surface area contributed by atoms with Crippen molar-refractivity contribution in [1.82, 2.24) is 16.0 Å². The lowest BCUT2D eigenvalue weighted by Crippen LogP contribution is -2.43. The van der Waals surface area contributed by atoms with Gasteiger partial charge in [0.1, 0.15) is 5.84 Å². The zero-order chi connectivity index (χ0) is 20.2. The van der Waals surface area contributed by atoms with Gasteiger partial charge in [0, 0.05) is 12.1 Å². The molecule has 1 aromatic carbocycles. The highest BCUT2D eigenvalue weighted by Gasteiger charge is 2.07. The van der Waals surface area contributed by atoms with Gasteiger partial charge in [0.15, 0.2) is 5.84 Å². The quantitative estimate of drug-likeness (QED) is 0.157. The smallest absolute Gasteiger partial charge is 0.239 e. The van der Waals surface area contributed by atoms with Gasteiger partial charge >= 0.3 is 0 Å². The number of nitrogens with one attached hydrogen (secondary N) is 3. The standard InChI is InChI=1S/C16H24N8O3/c1-10(18)23-24-16(19)12-4-2-11(3-5-12)7-20-14(26)9-22-15(27)8-21-13(25)6-17/h2-5H,6-9,17H2,1H3,(H2,18,23)(H2,19,24)(H,20,26)(H,21,25)(H,22,27). The number of rotatable bonds is 9. The monoisotopic (exact) mass is 376 g/mol. The van der Waals surface area contributed by atoms with Crippen molar-refractivity contribution in [2.45, 2.75) is 13.5 Å². The first kappa shape index (κ1) is 21.6. The second-order valence-corrected chi connectivity index (χ2v) is 5.46. The Morgan fingerprint density at radius 3 is 2.00 bits per heavy atom. The van der Waals surface area contributed by atoms with Gasteiger partial charge in [-0.2, -0.15) is 0 Å². The van der Waals surface area contributed by atoms with Crippen molar-refractivity contribution < 1.29 is 14.4 Å². The molecule has 0 bridgehead atoms. The van der Waals surface area contributed by atoms with Crippen LogP contribution in [0.15, 0.2) is 34.5 Å². The fraction of sp³-hybridized carbons (Fsp3) is 0.312. The highest BCUT2D eigenvalue weighted by molar-refractivity contribution is 5.97. The number of hydrogen-bond donors (Lipinski definition) is 6. The molecule has 0 atom stereocenters. The third kappa shape index (κ3) is 8.97. The Balaban J connectivity index is 2.39. The van der Waals surface area contributed by atoms with Crippen molar-refractivity contribution in [3.8, 4) is 0 Å². The summed E-state index contributed by atoms with van der Waals surface area (Å²) < 4.78 is 0. The molecule has 0 spiro atoms. The molecular weight excluding hydrogens is 352 g/mol. The third-order valence-corrected chi connectivity index (χ3v) is 3.13. The summed E-state index contributed by atoms with van der Waals surface area (Å²) >= 11 is 0. The summed E-state index contributed by atoms with van der Waals surface area (Å²) in [5.74, 6) is -0.785. The lowest BCUT2D eigenvalue weighted by Gasteiger charge is -2.08. The van der Waals surface area contributed by atoms with Crippen LogP contribution in [0.2, 0.25) is 0 Å². The van der Waals surface area contributed by atoms with Crippen LogP contribution in [0.25, 0.3) is 0 Å². The van der Waals surface area contributed by atoms with Crippen LogP contribution in [0.3, 0.4) is 0 Å². The van der Waals surface area contributed by atoms with Crippen LogP contribution in [0.4, 0.5) is 0 Å². The first-order chi connectivity index (χ1) is 12.8. The minimum atomic E-state index is -0.485. The molecule has 1 rings (SSSR count). The molecule has 3 amide bonds. The van der Waals surface area contributed by atoms with Gasteiger partial charge < -0.3 is 33.2 Å². The molecule has 11 nitrogen and oxygen atoms in total. The number of hydrogen-bond acceptors (Lipinski definition) is 6. The maximum absolute atomic E-state index is 11.7. The molecule has 0 saturated heterocycles. The van der Waals surface area contributed by atoms with E-state index in [-0.39, 0.29) is 37.9 Å². The van der Waals surface area contributed by atoms with Crippen molar-refractivity contribution in [3.63, 3.8) is 0 Å². The Labute approximate surface area is 156 Å². The van der Waals surface area contributed by atoms with E-state index in [0.717, 1.165) is 5.56 Å². The predicted octanol–water partition coefficient (Wildman–Crippen LogP) is -2.51. The SMILES string of the molecule is C/C(N)=N/N=C(\N)c1ccc(CNC(=O)CNC(=O)CNC(=O)CN)cc1. The van der Waals surface area contributed by atoms with Crippen molar-refractivity contribution in [2.24, 2.45) is 27.4 Å². The highest BCUT2D eigenvalue weighted by atomic mass is 16.2. The number of amides is 3. The minimum absolute atomic E-state index is 0.203. The molecule has 0 aliphatic carbocycles. The Hall–Kier alpha value is -3.47. The molecule has 0 radical (unpaired) electrons. The fourth-order valence-electron chi connectivity index (χ4n) is 1.74. The van der Waals surface area contributed by atoms with Crippen LogP contribution in [0.5, 0.6) is 0 Å². The second-order valence-electron chi connectivity index (χ2n) is 5.46. The van der Waals surface area contributed by atoms with Crippen LogP contribution < -0.4 is 33.2 Å². The summed E-state index contributed by atoms with van der Waals surface area (Å²) in [7, 11) is 0. The molecule has 0 fully saturated rings. The first-order valence-electron chi connectivity index (χ1n) is 8.04. The van der Waals surface area contributed by atoms with E-state index in [1.165, 1.54) is 0 Å². The average molecular weight is 376 g/mol.